The average Bonchev–Trinajstić information content (AvgIpc) is 2.31. The van der Waals surface area contributed by atoms with E-state index in [1.54, 1.807) is 0 Å². The molecule has 0 atom stereocenters. The first kappa shape index (κ1) is 10.3. The van der Waals surface area contributed by atoms with Gasteiger partial charge in [0, 0.05) is 25.2 Å². The lowest BCUT2D eigenvalue weighted by Gasteiger charge is -2.30. The van der Waals surface area contributed by atoms with Crippen molar-refractivity contribution in [2.75, 3.05) is 13.1 Å². The number of benzene rings is 1. The maximum Gasteiger partial charge on any atom is 0.0174 e. The summed E-state index contributed by atoms with van der Waals surface area (Å²) in [4.78, 5) is 2.44. The van der Waals surface area contributed by atoms with Gasteiger partial charge in [-0.05, 0) is 24.8 Å². The molecule has 0 N–H and O–H groups in total. The van der Waals surface area contributed by atoms with Gasteiger partial charge in [0.15, 0.2) is 0 Å². The molecular weight excluding hydrogens is 182 g/mol. The van der Waals surface area contributed by atoms with Gasteiger partial charge in [-0.15, -0.1) is 0 Å². The van der Waals surface area contributed by atoms with Crippen molar-refractivity contribution in [2.45, 2.75) is 25.7 Å². The van der Waals surface area contributed by atoms with Crippen molar-refractivity contribution in [2.24, 2.45) is 0 Å². The Morgan fingerprint density at radius 2 is 1.73 bits per heavy atom. The van der Waals surface area contributed by atoms with Gasteiger partial charge in [0.2, 0.25) is 0 Å². The van der Waals surface area contributed by atoms with Crippen LogP contribution in [0.1, 0.15) is 24.8 Å². The lowest BCUT2D eigenvalue weighted by Crippen LogP contribution is -2.29. The van der Waals surface area contributed by atoms with Crippen LogP contribution < -0.4 is 0 Å². The lowest BCUT2D eigenvalue weighted by atomic mass is 10.1. The highest BCUT2D eigenvalue weighted by Crippen LogP contribution is 2.16. The first-order chi connectivity index (χ1) is 7.36. The Morgan fingerprint density at radius 1 is 1.07 bits per heavy atom. The standard InChI is InChI=1S/C14H19N/c1-13(15-10-6-3-7-11-15)12-14-8-4-2-5-9-14/h2,4-5,8-9H,1,3,6-7,10-12H2. The van der Waals surface area contributed by atoms with Gasteiger partial charge < -0.3 is 4.90 Å². The molecule has 1 aromatic carbocycles. The summed E-state index contributed by atoms with van der Waals surface area (Å²) < 4.78 is 0. The predicted octanol–water partition coefficient (Wildman–Crippen LogP) is 3.23. The number of hydrogen-bond acceptors (Lipinski definition) is 1. The third kappa shape index (κ3) is 2.85. The number of nitrogens with zero attached hydrogens (tertiary/aromatic N) is 1. The van der Waals surface area contributed by atoms with Crippen molar-refractivity contribution in [3.63, 3.8) is 0 Å². The second-order valence-electron chi connectivity index (χ2n) is 4.28. The van der Waals surface area contributed by atoms with Crippen LogP contribution in [-0.2, 0) is 6.42 Å². The summed E-state index contributed by atoms with van der Waals surface area (Å²) in [5.41, 5.74) is 2.65. The first-order valence-electron chi connectivity index (χ1n) is 5.83. The van der Waals surface area contributed by atoms with E-state index in [0.29, 0.717) is 0 Å². The zero-order valence-corrected chi connectivity index (χ0v) is 9.28. The molecule has 0 radical (unpaired) electrons. The van der Waals surface area contributed by atoms with Crippen LogP contribution in [0, 0.1) is 0 Å². The van der Waals surface area contributed by atoms with E-state index >= 15 is 0 Å². The molecule has 1 heteroatoms. The Morgan fingerprint density at radius 3 is 2.40 bits per heavy atom. The van der Waals surface area contributed by atoms with Crippen LogP contribution >= 0.6 is 0 Å². The Bertz CT molecular complexity index is 309. The zero-order valence-electron chi connectivity index (χ0n) is 9.28. The number of hydrogen-bond donors (Lipinski definition) is 0. The topological polar surface area (TPSA) is 3.24 Å². The van der Waals surface area contributed by atoms with E-state index < -0.39 is 0 Å². The molecule has 1 heterocycles. The molecular formula is C14H19N. The van der Waals surface area contributed by atoms with Crippen LogP contribution in [0.15, 0.2) is 42.6 Å². The van der Waals surface area contributed by atoms with Gasteiger partial charge in [-0.2, -0.15) is 0 Å². The van der Waals surface area contributed by atoms with Crippen molar-refractivity contribution < 1.29 is 0 Å². The molecule has 80 valence electrons. The molecule has 0 bridgehead atoms. The molecule has 0 aliphatic carbocycles. The van der Waals surface area contributed by atoms with Gasteiger partial charge in [0.1, 0.15) is 0 Å². The molecule has 0 saturated carbocycles. The van der Waals surface area contributed by atoms with Gasteiger partial charge in [0.05, 0.1) is 0 Å². The summed E-state index contributed by atoms with van der Waals surface area (Å²) in [5, 5.41) is 0. The minimum Gasteiger partial charge on any atom is -0.375 e. The predicted molar refractivity (Wildman–Crippen MR) is 64.7 cm³/mol. The third-order valence-corrected chi connectivity index (χ3v) is 3.05. The van der Waals surface area contributed by atoms with Crippen LogP contribution in [0.3, 0.4) is 0 Å². The van der Waals surface area contributed by atoms with E-state index in [1.165, 1.54) is 43.6 Å². The van der Waals surface area contributed by atoms with E-state index in [2.05, 4.69) is 41.8 Å². The quantitative estimate of drug-likeness (QED) is 0.725. The van der Waals surface area contributed by atoms with Crippen LogP contribution in [0.4, 0.5) is 0 Å². The number of likely N-dealkylation sites (tertiary alicyclic amines) is 1. The molecule has 2 rings (SSSR count). The summed E-state index contributed by atoms with van der Waals surface area (Å²) >= 11 is 0. The van der Waals surface area contributed by atoms with E-state index in [1.807, 2.05) is 0 Å². The highest BCUT2D eigenvalue weighted by atomic mass is 15.1. The summed E-state index contributed by atoms with van der Waals surface area (Å²) in [6.07, 6.45) is 5.04. The molecule has 0 spiro atoms. The highest BCUT2D eigenvalue weighted by molar-refractivity contribution is 5.20. The van der Waals surface area contributed by atoms with Crippen molar-refractivity contribution in [1.29, 1.82) is 0 Å². The number of rotatable bonds is 3. The maximum absolute atomic E-state index is 4.20. The summed E-state index contributed by atoms with van der Waals surface area (Å²) in [6, 6.07) is 10.6. The van der Waals surface area contributed by atoms with Crippen molar-refractivity contribution >= 4 is 0 Å². The first-order valence-corrected chi connectivity index (χ1v) is 5.83. The Balaban J connectivity index is 1.91. The normalized spacial score (nSPS) is 16.4. The Hall–Kier alpha value is -1.24. The summed E-state index contributed by atoms with van der Waals surface area (Å²) in [7, 11) is 0. The van der Waals surface area contributed by atoms with Crippen molar-refractivity contribution in [1.82, 2.24) is 4.90 Å². The largest absolute Gasteiger partial charge is 0.375 e. The summed E-state index contributed by atoms with van der Waals surface area (Å²) in [5.74, 6) is 0. The smallest absolute Gasteiger partial charge is 0.0174 e. The molecule has 1 fully saturated rings. The molecule has 1 nitrogen and oxygen atoms in total. The maximum atomic E-state index is 4.20. The molecule has 0 aromatic heterocycles. The van der Waals surface area contributed by atoms with Crippen LogP contribution in [0.2, 0.25) is 0 Å². The number of allylic oxidation sites excluding steroid dienone is 1. The fourth-order valence-corrected chi connectivity index (χ4v) is 2.15. The molecule has 1 aromatic rings. The van der Waals surface area contributed by atoms with Crippen LogP contribution in [0.25, 0.3) is 0 Å². The van der Waals surface area contributed by atoms with Crippen LogP contribution in [-0.4, -0.2) is 18.0 Å². The fourth-order valence-electron chi connectivity index (χ4n) is 2.15. The number of piperidine rings is 1. The second-order valence-corrected chi connectivity index (χ2v) is 4.28. The molecule has 0 amide bonds. The van der Waals surface area contributed by atoms with E-state index in [4.69, 9.17) is 0 Å². The zero-order chi connectivity index (χ0) is 10.5. The van der Waals surface area contributed by atoms with E-state index in [-0.39, 0.29) is 0 Å². The van der Waals surface area contributed by atoms with Gasteiger partial charge >= 0.3 is 0 Å². The van der Waals surface area contributed by atoms with Gasteiger partial charge in [-0.25, -0.2) is 0 Å². The summed E-state index contributed by atoms with van der Waals surface area (Å²) in [6.45, 7) is 6.60. The molecule has 1 aliphatic heterocycles. The monoisotopic (exact) mass is 201 g/mol. The average molecular weight is 201 g/mol. The molecule has 1 aliphatic rings. The third-order valence-electron chi connectivity index (χ3n) is 3.05. The Kier molecular flexibility index (Phi) is 3.44. The van der Waals surface area contributed by atoms with Crippen LogP contribution in [0.5, 0.6) is 0 Å². The van der Waals surface area contributed by atoms with Crippen molar-refractivity contribution in [3.05, 3.63) is 48.2 Å². The fraction of sp³-hybridized carbons (Fsp3) is 0.429. The van der Waals surface area contributed by atoms with E-state index in [9.17, 15) is 0 Å². The molecule has 1 saturated heterocycles. The van der Waals surface area contributed by atoms with Gasteiger partial charge in [-0.3, -0.25) is 0 Å². The molecule has 15 heavy (non-hydrogen) atoms. The molecule has 0 unspecified atom stereocenters. The van der Waals surface area contributed by atoms with Gasteiger partial charge in [-0.1, -0.05) is 36.9 Å². The van der Waals surface area contributed by atoms with Crippen molar-refractivity contribution in [3.8, 4) is 0 Å². The Labute approximate surface area is 92.4 Å². The second kappa shape index (κ2) is 5.01. The van der Waals surface area contributed by atoms with Gasteiger partial charge in [0.25, 0.3) is 0 Å². The minimum absolute atomic E-state index is 1.00. The highest BCUT2D eigenvalue weighted by Gasteiger charge is 2.11. The minimum atomic E-state index is 1.00. The van der Waals surface area contributed by atoms with E-state index in [0.717, 1.165) is 6.42 Å². The SMILES string of the molecule is C=C(Cc1ccccc1)N1CCCCC1. The lowest BCUT2D eigenvalue weighted by molar-refractivity contribution is 0.281.